The lowest BCUT2D eigenvalue weighted by atomic mass is 10.2. The Morgan fingerprint density at radius 1 is 1.29 bits per heavy atom. The molecule has 1 aromatic carbocycles. The van der Waals surface area contributed by atoms with Gasteiger partial charge in [-0.1, -0.05) is 6.07 Å². The molecular weight excluding hydrogens is 286 g/mol. The van der Waals surface area contributed by atoms with Gasteiger partial charge in [-0.3, -0.25) is 4.98 Å². The maximum Gasteiger partial charge on any atom is 0.124 e. The first-order chi connectivity index (χ1) is 10.3. The highest BCUT2D eigenvalue weighted by molar-refractivity contribution is 6.16. The van der Waals surface area contributed by atoms with Crippen LogP contribution in [0.15, 0.2) is 42.7 Å². The van der Waals surface area contributed by atoms with Gasteiger partial charge < -0.3 is 9.30 Å². The van der Waals surface area contributed by atoms with Crippen molar-refractivity contribution in [2.75, 3.05) is 7.11 Å². The first kappa shape index (κ1) is 13.9. The van der Waals surface area contributed by atoms with E-state index in [9.17, 15) is 0 Å². The summed E-state index contributed by atoms with van der Waals surface area (Å²) in [5, 5.41) is 0. The van der Waals surface area contributed by atoms with Gasteiger partial charge in [0.15, 0.2) is 0 Å². The van der Waals surface area contributed by atoms with Crippen LogP contribution in [-0.2, 0) is 18.8 Å². The van der Waals surface area contributed by atoms with Crippen molar-refractivity contribution in [1.82, 2.24) is 14.5 Å². The first-order valence-electron chi connectivity index (χ1n) is 6.80. The number of imidazole rings is 1. The third-order valence-electron chi connectivity index (χ3n) is 3.50. The Labute approximate surface area is 128 Å². The Bertz CT molecular complexity index is 740. The molecule has 0 fully saturated rings. The van der Waals surface area contributed by atoms with E-state index in [-0.39, 0.29) is 0 Å². The Morgan fingerprint density at radius 3 is 2.90 bits per heavy atom. The third kappa shape index (κ3) is 2.85. The molecule has 0 bridgehead atoms. The van der Waals surface area contributed by atoms with Crippen LogP contribution in [-0.4, -0.2) is 21.6 Å². The van der Waals surface area contributed by atoms with Gasteiger partial charge in [0.2, 0.25) is 0 Å². The van der Waals surface area contributed by atoms with Crippen LogP contribution in [0.1, 0.15) is 11.4 Å². The van der Waals surface area contributed by atoms with Gasteiger partial charge in [0.1, 0.15) is 11.6 Å². The number of alkyl halides is 1. The van der Waals surface area contributed by atoms with Crippen LogP contribution >= 0.6 is 11.6 Å². The van der Waals surface area contributed by atoms with Crippen LogP contribution < -0.4 is 4.74 Å². The fourth-order valence-electron chi connectivity index (χ4n) is 2.42. The molecule has 0 saturated carbocycles. The van der Waals surface area contributed by atoms with Crippen LogP contribution in [0.5, 0.6) is 5.75 Å². The van der Waals surface area contributed by atoms with Gasteiger partial charge in [-0.05, 0) is 30.2 Å². The average molecular weight is 302 g/mol. The van der Waals surface area contributed by atoms with Crippen LogP contribution in [0.2, 0.25) is 0 Å². The highest BCUT2D eigenvalue weighted by Gasteiger charge is 2.10. The molecule has 2 aromatic heterocycles. The predicted octanol–water partition coefficient (Wildman–Crippen LogP) is 3.42. The standard InChI is InChI=1S/C16H16ClN3O/c1-21-13-4-5-15-14(9-13)19-16(10-17)20(15)8-6-12-3-2-7-18-11-12/h2-5,7,9,11H,6,8,10H2,1H3. The van der Waals surface area contributed by atoms with E-state index >= 15 is 0 Å². The van der Waals surface area contributed by atoms with E-state index < -0.39 is 0 Å². The summed E-state index contributed by atoms with van der Waals surface area (Å²) >= 11 is 6.03. The quantitative estimate of drug-likeness (QED) is 0.678. The molecule has 0 aliphatic heterocycles. The molecule has 108 valence electrons. The normalized spacial score (nSPS) is 11.0. The van der Waals surface area contributed by atoms with Gasteiger partial charge in [0.25, 0.3) is 0 Å². The molecule has 5 heteroatoms. The summed E-state index contributed by atoms with van der Waals surface area (Å²) in [6, 6.07) is 9.94. The van der Waals surface area contributed by atoms with E-state index in [0.717, 1.165) is 35.6 Å². The minimum absolute atomic E-state index is 0.393. The number of hydrogen-bond donors (Lipinski definition) is 0. The monoisotopic (exact) mass is 301 g/mol. The molecule has 4 nitrogen and oxygen atoms in total. The molecule has 0 N–H and O–H groups in total. The van der Waals surface area contributed by atoms with Gasteiger partial charge in [-0.15, -0.1) is 11.6 Å². The van der Waals surface area contributed by atoms with Crippen molar-refractivity contribution in [3.63, 3.8) is 0 Å². The van der Waals surface area contributed by atoms with Crippen LogP contribution in [0.3, 0.4) is 0 Å². The van der Waals surface area contributed by atoms with Gasteiger partial charge in [-0.25, -0.2) is 4.98 Å². The largest absolute Gasteiger partial charge is 0.497 e. The zero-order chi connectivity index (χ0) is 14.7. The molecule has 2 heterocycles. The molecule has 0 aliphatic carbocycles. The van der Waals surface area contributed by atoms with Crippen LogP contribution in [0.4, 0.5) is 0 Å². The molecule has 0 radical (unpaired) electrons. The maximum absolute atomic E-state index is 6.03. The van der Waals surface area contributed by atoms with Crippen molar-refractivity contribution >= 4 is 22.6 Å². The topological polar surface area (TPSA) is 39.9 Å². The summed E-state index contributed by atoms with van der Waals surface area (Å²) in [5.74, 6) is 2.08. The van der Waals surface area contributed by atoms with E-state index in [1.807, 2.05) is 30.5 Å². The molecule has 0 spiro atoms. The Kier molecular flexibility index (Phi) is 4.06. The van der Waals surface area contributed by atoms with Crippen molar-refractivity contribution in [1.29, 1.82) is 0 Å². The van der Waals surface area contributed by atoms with Crippen molar-refractivity contribution in [3.8, 4) is 5.75 Å². The fourth-order valence-corrected chi connectivity index (χ4v) is 2.63. The van der Waals surface area contributed by atoms with Crippen LogP contribution in [0.25, 0.3) is 11.0 Å². The Hall–Kier alpha value is -2.07. The number of ether oxygens (including phenoxy) is 1. The molecule has 3 aromatic rings. The Morgan fingerprint density at radius 2 is 2.19 bits per heavy atom. The number of fused-ring (bicyclic) bond motifs is 1. The second-order valence-electron chi connectivity index (χ2n) is 4.78. The van der Waals surface area contributed by atoms with E-state index in [2.05, 4.69) is 20.6 Å². The predicted molar refractivity (Wildman–Crippen MR) is 83.8 cm³/mol. The summed E-state index contributed by atoms with van der Waals surface area (Å²) in [6.45, 7) is 0.830. The number of methoxy groups -OCH3 is 1. The average Bonchev–Trinajstić information content (AvgIpc) is 2.90. The van der Waals surface area contributed by atoms with Crippen molar-refractivity contribution in [2.24, 2.45) is 0 Å². The number of hydrogen-bond acceptors (Lipinski definition) is 3. The molecule has 0 saturated heterocycles. The fraction of sp³-hybridized carbons (Fsp3) is 0.250. The van der Waals surface area contributed by atoms with E-state index in [4.69, 9.17) is 16.3 Å². The minimum Gasteiger partial charge on any atom is -0.497 e. The molecule has 0 atom stereocenters. The van der Waals surface area contributed by atoms with Gasteiger partial charge in [-0.2, -0.15) is 0 Å². The van der Waals surface area contributed by atoms with Crippen LogP contribution in [0, 0.1) is 0 Å². The summed E-state index contributed by atoms with van der Waals surface area (Å²) in [5.41, 5.74) is 3.19. The molecule has 0 aliphatic rings. The summed E-state index contributed by atoms with van der Waals surface area (Å²) in [4.78, 5) is 8.73. The van der Waals surface area contributed by atoms with Crippen molar-refractivity contribution in [3.05, 3.63) is 54.1 Å². The number of pyridine rings is 1. The number of aryl methyl sites for hydroxylation is 2. The molecule has 3 rings (SSSR count). The number of aromatic nitrogens is 3. The Balaban J connectivity index is 1.93. The van der Waals surface area contributed by atoms with Crippen molar-refractivity contribution < 1.29 is 4.74 Å². The second-order valence-corrected chi connectivity index (χ2v) is 5.05. The zero-order valence-corrected chi connectivity index (χ0v) is 12.5. The number of benzene rings is 1. The third-order valence-corrected chi connectivity index (χ3v) is 3.74. The van der Waals surface area contributed by atoms with Gasteiger partial charge in [0.05, 0.1) is 24.0 Å². The molecule has 0 amide bonds. The smallest absolute Gasteiger partial charge is 0.124 e. The lowest BCUT2D eigenvalue weighted by Gasteiger charge is -2.08. The molecule has 21 heavy (non-hydrogen) atoms. The van der Waals surface area contributed by atoms with E-state index in [1.165, 1.54) is 5.56 Å². The highest BCUT2D eigenvalue weighted by Crippen LogP contribution is 2.23. The summed E-state index contributed by atoms with van der Waals surface area (Å²) in [6.07, 6.45) is 4.57. The second kappa shape index (κ2) is 6.14. The lowest BCUT2D eigenvalue weighted by molar-refractivity contribution is 0.415. The zero-order valence-electron chi connectivity index (χ0n) is 11.8. The number of nitrogens with zero attached hydrogens (tertiary/aromatic N) is 3. The molecule has 0 unspecified atom stereocenters. The molecular formula is C16H16ClN3O. The minimum atomic E-state index is 0.393. The van der Waals surface area contributed by atoms with Gasteiger partial charge >= 0.3 is 0 Å². The van der Waals surface area contributed by atoms with Gasteiger partial charge in [0, 0.05) is 25.0 Å². The van der Waals surface area contributed by atoms with E-state index in [0.29, 0.717) is 5.88 Å². The first-order valence-corrected chi connectivity index (χ1v) is 7.33. The number of rotatable bonds is 5. The lowest BCUT2D eigenvalue weighted by Crippen LogP contribution is -2.05. The number of halogens is 1. The summed E-state index contributed by atoms with van der Waals surface area (Å²) < 4.78 is 7.41. The van der Waals surface area contributed by atoms with E-state index in [1.54, 1.807) is 13.3 Å². The summed E-state index contributed by atoms with van der Waals surface area (Å²) in [7, 11) is 1.66. The highest BCUT2D eigenvalue weighted by atomic mass is 35.5. The van der Waals surface area contributed by atoms with Crippen molar-refractivity contribution in [2.45, 2.75) is 18.8 Å². The SMILES string of the molecule is COc1ccc2c(c1)nc(CCl)n2CCc1cccnc1. The maximum atomic E-state index is 6.03.